The predicted molar refractivity (Wildman–Crippen MR) is 73.5 cm³/mol. The normalized spacial score (nSPS) is 16.3. The smallest absolute Gasteiger partial charge is 0.315 e. The second-order valence-electron chi connectivity index (χ2n) is 4.94. The van der Waals surface area contributed by atoms with Crippen molar-refractivity contribution in [2.24, 2.45) is 5.92 Å². The maximum atomic E-state index is 5.61. The van der Waals surface area contributed by atoms with E-state index in [-0.39, 0.29) is 6.04 Å². The van der Waals surface area contributed by atoms with Crippen LogP contribution in [0.2, 0.25) is 0 Å². The zero-order chi connectivity index (χ0) is 13.5. The van der Waals surface area contributed by atoms with E-state index in [1.807, 2.05) is 6.92 Å². The molecule has 0 bridgehead atoms. The fraction of sp³-hybridized carbons (Fsp3) is 0.846. The average Bonchev–Trinajstić information content (AvgIpc) is 2.83. The van der Waals surface area contributed by atoms with Crippen LogP contribution in [0, 0.1) is 5.92 Å². The van der Waals surface area contributed by atoms with Crippen molar-refractivity contribution >= 4 is 6.01 Å². The molecule has 0 saturated heterocycles. The molecule has 3 atom stereocenters. The van der Waals surface area contributed by atoms with Crippen LogP contribution >= 0.6 is 0 Å². The van der Waals surface area contributed by atoms with E-state index < -0.39 is 0 Å². The summed E-state index contributed by atoms with van der Waals surface area (Å²) in [5.41, 5.74) is 0. The van der Waals surface area contributed by atoms with Crippen molar-refractivity contribution in [3.05, 3.63) is 5.89 Å². The second kappa shape index (κ2) is 7.36. The number of anilines is 1. The van der Waals surface area contributed by atoms with Gasteiger partial charge in [-0.2, -0.15) is 0 Å². The lowest BCUT2D eigenvalue weighted by Gasteiger charge is -2.18. The van der Waals surface area contributed by atoms with E-state index in [2.05, 4.69) is 48.5 Å². The minimum atomic E-state index is 0.104. The minimum Gasteiger partial charge on any atom is -0.406 e. The Hall–Kier alpha value is -1.10. The van der Waals surface area contributed by atoms with Gasteiger partial charge in [0.2, 0.25) is 5.89 Å². The molecule has 0 aliphatic rings. The topological polar surface area (TPSA) is 63.0 Å². The number of nitrogens with zero attached hydrogens (tertiary/aromatic N) is 2. The molecule has 0 aliphatic heterocycles. The SMILES string of the molecule is CCCNC(C)c1nnc(NC(C)C(C)CC)o1. The van der Waals surface area contributed by atoms with Gasteiger partial charge in [0.1, 0.15) is 0 Å². The number of rotatable bonds is 8. The van der Waals surface area contributed by atoms with Crippen molar-refractivity contribution in [2.75, 3.05) is 11.9 Å². The lowest BCUT2D eigenvalue weighted by molar-refractivity contribution is 0.413. The Balaban J connectivity index is 2.52. The Kier molecular flexibility index (Phi) is 6.12. The molecule has 1 aromatic rings. The van der Waals surface area contributed by atoms with Crippen LogP contribution in [0.5, 0.6) is 0 Å². The number of nitrogens with one attached hydrogen (secondary N) is 2. The van der Waals surface area contributed by atoms with Gasteiger partial charge in [0.05, 0.1) is 6.04 Å². The van der Waals surface area contributed by atoms with Crippen LogP contribution in [0.1, 0.15) is 59.4 Å². The van der Waals surface area contributed by atoms with E-state index in [1.54, 1.807) is 0 Å². The molecule has 0 fully saturated rings. The summed E-state index contributed by atoms with van der Waals surface area (Å²) in [5.74, 6) is 1.22. The van der Waals surface area contributed by atoms with E-state index in [1.165, 1.54) is 0 Å². The van der Waals surface area contributed by atoms with Crippen LogP contribution < -0.4 is 10.6 Å². The van der Waals surface area contributed by atoms with Crippen LogP contribution in [0.3, 0.4) is 0 Å². The summed E-state index contributed by atoms with van der Waals surface area (Å²) in [6.07, 6.45) is 2.22. The molecule has 0 saturated carbocycles. The molecule has 0 aliphatic carbocycles. The fourth-order valence-electron chi connectivity index (χ4n) is 1.61. The molecule has 3 unspecified atom stereocenters. The lowest BCUT2D eigenvalue weighted by atomic mass is 10.0. The van der Waals surface area contributed by atoms with Gasteiger partial charge < -0.3 is 15.1 Å². The van der Waals surface area contributed by atoms with Crippen LogP contribution in [0.25, 0.3) is 0 Å². The first-order chi connectivity index (χ1) is 8.58. The highest BCUT2D eigenvalue weighted by Gasteiger charge is 2.16. The molecule has 0 amide bonds. The number of hydrogen-bond donors (Lipinski definition) is 2. The first-order valence-corrected chi connectivity index (χ1v) is 6.91. The fourth-order valence-corrected chi connectivity index (χ4v) is 1.61. The van der Waals surface area contributed by atoms with E-state index in [0.29, 0.717) is 23.9 Å². The van der Waals surface area contributed by atoms with Crippen molar-refractivity contribution in [3.63, 3.8) is 0 Å². The molecular formula is C13H26N4O. The third-order valence-corrected chi connectivity index (χ3v) is 3.36. The Bertz CT molecular complexity index is 339. The van der Waals surface area contributed by atoms with Gasteiger partial charge in [-0.1, -0.05) is 32.3 Å². The molecule has 1 heterocycles. The molecule has 0 radical (unpaired) electrons. The summed E-state index contributed by atoms with van der Waals surface area (Å²) < 4.78 is 5.61. The number of hydrogen-bond acceptors (Lipinski definition) is 5. The van der Waals surface area contributed by atoms with E-state index in [4.69, 9.17) is 4.42 Å². The highest BCUT2D eigenvalue weighted by molar-refractivity contribution is 5.19. The van der Waals surface area contributed by atoms with Gasteiger partial charge in [-0.15, -0.1) is 5.10 Å². The van der Waals surface area contributed by atoms with Gasteiger partial charge >= 0.3 is 6.01 Å². The van der Waals surface area contributed by atoms with Crippen molar-refractivity contribution in [3.8, 4) is 0 Å². The van der Waals surface area contributed by atoms with Crippen molar-refractivity contribution in [2.45, 2.75) is 59.5 Å². The summed E-state index contributed by atoms with van der Waals surface area (Å²) in [6.45, 7) is 11.6. The van der Waals surface area contributed by atoms with Gasteiger partial charge in [-0.3, -0.25) is 0 Å². The largest absolute Gasteiger partial charge is 0.406 e. The Morgan fingerprint density at radius 3 is 2.50 bits per heavy atom. The lowest BCUT2D eigenvalue weighted by Crippen LogP contribution is -2.23. The quantitative estimate of drug-likeness (QED) is 0.746. The average molecular weight is 254 g/mol. The highest BCUT2D eigenvalue weighted by Crippen LogP contribution is 2.17. The van der Waals surface area contributed by atoms with Crippen LogP contribution in [0.15, 0.2) is 4.42 Å². The van der Waals surface area contributed by atoms with Gasteiger partial charge in [0, 0.05) is 6.04 Å². The molecule has 104 valence electrons. The molecule has 0 aromatic carbocycles. The van der Waals surface area contributed by atoms with Crippen LogP contribution in [-0.4, -0.2) is 22.8 Å². The van der Waals surface area contributed by atoms with Gasteiger partial charge in [-0.25, -0.2) is 0 Å². The maximum Gasteiger partial charge on any atom is 0.315 e. The number of aromatic nitrogens is 2. The van der Waals surface area contributed by atoms with Gasteiger partial charge in [-0.05, 0) is 32.7 Å². The summed E-state index contributed by atoms with van der Waals surface area (Å²) in [5, 5.41) is 14.7. The monoisotopic (exact) mass is 254 g/mol. The molecule has 5 heteroatoms. The van der Waals surface area contributed by atoms with E-state index in [9.17, 15) is 0 Å². The third-order valence-electron chi connectivity index (χ3n) is 3.36. The minimum absolute atomic E-state index is 0.104. The highest BCUT2D eigenvalue weighted by atomic mass is 16.4. The molecule has 18 heavy (non-hydrogen) atoms. The molecule has 1 rings (SSSR count). The van der Waals surface area contributed by atoms with Gasteiger partial charge in [0.15, 0.2) is 0 Å². The summed E-state index contributed by atoms with van der Waals surface area (Å²) in [4.78, 5) is 0. The van der Waals surface area contributed by atoms with Gasteiger partial charge in [0.25, 0.3) is 0 Å². The molecule has 2 N–H and O–H groups in total. The van der Waals surface area contributed by atoms with E-state index >= 15 is 0 Å². The molecule has 0 spiro atoms. The second-order valence-corrected chi connectivity index (χ2v) is 4.94. The van der Waals surface area contributed by atoms with Crippen molar-refractivity contribution in [1.82, 2.24) is 15.5 Å². The standard InChI is InChI=1S/C13H26N4O/c1-6-8-14-11(5)12-16-17-13(18-12)15-10(4)9(3)7-2/h9-11,14H,6-8H2,1-5H3,(H,15,17). The van der Waals surface area contributed by atoms with Crippen LogP contribution in [0.4, 0.5) is 6.01 Å². The Morgan fingerprint density at radius 2 is 1.89 bits per heavy atom. The maximum absolute atomic E-state index is 5.61. The molecular weight excluding hydrogens is 228 g/mol. The first kappa shape index (κ1) is 15.0. The van der Waals surface area contributed by atoms with Crippen LogP contribution in [-0.2, 0) is 0 Å². The zero-order valence-corrected chi connectivity index (χ0v) is 12.2. The Labute approximate surface area is 110 Å². The summed E-state index contributed by atoms with van der Waals surface area (Å²) >= 11 is 0. The molecule has 5 nitrogen and oxygen atoms in total. The third kappa shape index (κ3) is 4.29. The first-order valence-electron chi connectivity index (χ1n) is 6.91. The summed E-state index contributed by atoms with van der Waals surface area (Å²) in [6, 6.07) is 0.956. The zero-order valence-electron chi connectivity index (χ0n) is 12.2. The predicted octanol–water partition coefficient (Wildman–Crippen LogP) is 2.98. The van der Waals surface area contributed by atoms with Crippen molar-refractivity contribution in [1.29, 1.82) is 0 Å². The molecule has 1 aromatic heterocycles. The van der Waals surface area contributed by atoms with E-state index in [0.717, 1.165) is 19.4 Å². The Morgan fingerprint density at radius 1 is 1.17 bits per heavy atom. The van der Waals surface area contributed by atoms with Crippen molar-refractivity contribution < 1.29 is 4.42 Å². The summed E-state index contributed by atoms with van der Waals surface area (Å²) in [7, 11) is 0.